The van der Waals surface area contributed by atoms with Crippen LogP contribution in [0.3, 0.4) is 0 Å². The van der Waals surface area contributed by atoms with Crippen LogP contribution in [0.5, 0.6) is 17.2 Å². The molecule has 0 saturated heterocycles. The molecule has 1 aromatic rings. The Morgan fingerprint density at radius 2 is 1.68 bits per heavy atom. The van der Waals surface area contributed by atoms with Gasteiger partial charge in [0.15, 0.2) is 11.5 Å². The second kappa shape index (κ2) is 9.66. The third-order valence-corrected chi connectivity index (χ3v) is 2.86. The SMILES string of the molecule is COCCOCC(C#N)=Cc1cc(OC)c(OC)c(OC)c1. The highest BCUT2D eigenvalue weighted by Crippen LogP contribution is 2.38. The van der Waals surface area contributed by atoms with Crippen LogP contribution in [-0.2, 0) is 9.47 Å². The Morgan fingerprint density at radius 1 is 1.05 bits per heavy atom. The fourth-order valence-electron chi connectivity index (χ4n) is 1.82. The molecule has 0 saturated carbocycles. The number of ether oxygens (including phenoxy) is 5. The molecule has 0 heterocycles. The zero-order chi connectivity index (χ0) is 16.4. The lowest BCUT2D eigenvalue weighted by Gasteiger charge is -2.13. The monoisotopic (exact) mass is 307 g/mol. The van der Waals surface area contributed by atoms with Crippen LogP contribution in [0.25, 0.3) is 6.08 Å². The van der Waals surface area contributed by atoms with Crippen molar-refractivity contribution < 1.29 is 23.7 Å². The van der Waals surface area contributed by atoms with Crippen LogP contribution in [0.2, 0.25) is 0 Å². The van der Waals surface area contributed by atoms with E-state index in [-0.39, 0.29) is 6.61 Å². The summed E-state index contributed by atoms with van der Waals surface area (Å²) in [6.45, 7) is 1.14. The molecule has 6 nitrogen and oxygen atoms in total. The minimum Gasteiger partial charge on any atom is -0.493 e. The third kappa shape index (κ3) is 4.95. The van der Waals surface area contributed by atoms with Crippen molar-refractivity contribution in [1.29, 1.82) is 5.26 Å². The highest BCUT2D eigenvalue weighted by Gasteiger charge is 2.12. The van der Waals surface area contributed by atoms with E-state index in [2.05, 4.69) is 6.07 Å². The molecule has 1 rings (SSSR count). The second-order valence-electron chi connectivity index (χ2n) is 4.29. The van der Waals surface area contributed by atoms with Gasteiger partial charge in [0.1, 0.15) is 0 Å². The molecule has 0 fully saturated rings. The first-order chi connectivity index (χ1) is 10.7. The Morgan fingerprint density at radius 3 is 2.14 bits per heavy atom. The van der Waals surface area contributed by atoms with Gasteiger partial charge in [-0.1, -0.05) is 0 Å². The molecule has 0 aliphatic rings. The van der Waals surface area contributed by atoms with E-state index in [1.807, 2.05) is 0 Å². The number of nitriles is 1. The van der Waals surface area contributed by atoms with Gasteiger partial charge in [-0.15, -0.1) is 0 Å². The maximum Gasteiger partial charge on any atom is 0.203 e. The van der Waals surface area contributed by atoms with E-state index < -0.39 is 0 Å². The van der Waals surface area contributed by atoms with Gasteiger partial charge < -0.3 is 23.7 Å². The number of hydrogen-bond acceptors (Lipinski definition) is 6. The van der Waals surface area contributed by atoms with Crippen molar-refractivity contribution >= 4 is 6.08 Å². The summed E-state index contributed by atoms with van der Waals surface area (Å²) in [5, 5.41) is 9.18. The first-order valence-corrected chi connectivity index (χ1v) is 6.67. The molecule has 22 heavy (non-hydrogen) atoms. The van der Waals surface area contributed by atoms with E-state index in [4.69, 9.17) is 23.7 Å². The molecule has 1 aromatic carbocycles. The Labute approximate surface area is 130 Å². The summed E-state index contributed by atoms with van der Waals surface area (Å²) in [6.07, 6.45) is 1.72. The lowest BCUT2D eigenvalue weighted by molar-refractivity contribution is 0.0836. The number of hydrogen-bond donors (Lipinski definition) is 0. The predicted octanol–water partition coefficient (Wildman–Crippen LogP) is 2.28. The molecule has 0 aromatic heterocycles. The van der Waals surface area contributed by atoms with Gasteiger partial charge >= 0.3 is 0 Å². The van der Waals surface area contributed by atoms with E-state index in [0.717, 1.165) is 5.56 Å². The highest BCUT2D eigenvalue weighted by atomic mass is 16.5. The molecule has 0 N–H and O–H groups in total. The molecule has 0 radical (unpaired) electrons. The smallest absolute Gasteiger partial charge is 0.203 e. The van der Waals surface area contributed by atoms with Gasteiger partial charge in [-0.05, 0) is 23.8 Å². The molecule has 6 heteroatoms. The van der Waals surface area contributed by atoms with Crippen molar-refractivity contribution in [1.82, 2.24) is 0 Å². The number of methoxy groups -OCH3 is 4. The molecular formula is C16H21NO5. The van der Waals surface area contributed by atoms with Gasteiger partial charge in [-0.25, -0.2) is 0 Å². The van der Waals surface area contributed by atoms with Crippen molar-refractivity contribution in [3.05, 3.63) is 23.3 Å². The standard InChI is InChI=1S/C16H21NO5/c1-18-5-6-22-11-13(10-17)7-12-8-14(19-2)16(21-4)15(9-12)20-3/h7-9H,5-6,11H2,1-4H3. The first kappa shape index (κ1) is 17.8. The number of benzene rings is 1. The molecule has 0 aliphatic carbocycles. The van der Waals surface area contributed by atoms with Crippen LogP contribution in [-0.4, -0.2) is 48.3 Å². The van der Waals surface area contributed by atoms with Gasteiger partial charge in [0.2, 0.25) is 5.75 Å². The van der Waals surface area contributed by atoms with Crippen LogP contribution in [0.15, 0.2) is 17.7 Å². The average Bonchev–Trinajstić information content (AvgIpc) is 2.56. The van der Waals surface area contributed by atoms with Crippen molar-refractivity contribution in [2.75, 3.05) is 48.3 Å². The van der Waals surface area contributed by atoms with Gasteiger partial charge in [-0.2, -0.15) is 5.26 Å². The first-order valence-electron chi connectivity index (χ1n) is 6.67. The molecule has 0 unspecified atom stereocenters. The van der Waals surface area contributed by atoms with Gasteiger partial charge in [0.25, 0.3) is 0 Å². The van der Waals surface area contributed by atoms with Crippen molar-refractivity contribution in [2.45, 2.75) is 0 Å². The van der Waals surface area contributed by atoms with Gasteiger partial charge in [-0.3, -0.25) is 0 Å². The van der Waals surface area contributed by atoms with E-state index in [1.54, 1.807) is 46.6 Å². The Kier molecular flexibility index (Phi) is 7.83. The van der Waals surface area contributed by atoms with Crippen LogP contribution in [0.1, 0.15) is 5.56 Å². The third-order valence-electron chi connectivity index (χ3n) is 2.86. The number of rotatable bonds is 9. The van der Waals surface area contributed by atoms with E-state index in [1.165, 1.54) is 0 Å². The summed E-state index contributed by atoms with van der Waals surface area (Å²) in [4.78, 5) is 0. The summed E-state index contributed by atoms with van der Waals surface area (Å²) in [7, 11) is 6.23. The van der Waals surface area contributed by atoms with Crippen LogP contribution >= 0.6 is 0 Å². The number of nitrogens with zero attached hydrogens (tertiary/aromatic N) is 1. The average molecular weight is 307 g/mol. The van der Waals surface area contributed by atoms with Crippen molar-refractivity contribution in [2.24, 2.45) is 0 Å². The second-order valence-corrected chi connectivity index (χ2v) is 4.29. The fraction of sp³-hybridized carbons (Fsp3) is 0.438. The van der Waals surface area contributed by atoms with Crippen LogP contribution in [0, 0.1) is 11.3 Å². The molecule has 0 spiro atoms. The summed E-state index contributed by atoms with van der Waals surface area (Å²) >= 11 is 0. The lowest BCUT2D eigenvalue weighted by Crippen LogP contribution is -2.04. The van der Waals surface area contributed by atoms with Crippen molar-refractivity contribution in [3.8, 4) is 23.3 Å². The van der Waals surface area contributed by atoms with Crippen LogP contribution < -0.4 is 14.2 Å². The Hall–Kier alpha value is -2.23. The maximum atomic E-state index is 9.18. The maximum absolute atomic E-state index is 9.18. The normalized spacial score (nSPS) is 11.0. The zero-order valence-corrected chi connectivity index (χ0v) is 13.3. The Bertz CT molecular complexity index is 523. The summed E-state index contributed by atoms with van der Waals surface area (Å²) in [6, 6.07) is 5.66. The molecule has 0 bridgehead atoms. The van der Waals surface area contributed by atoms with Crippen molar-refractivity contribution in [3.63, 3.8) is 0 Å². The Balaban J connectivity index is 2.99. The van der Waals surface area contributed by atoms with Gasteiger partial charge in [0, 0.05) is 7.11 Å². The zero-order valence-electron chi connectivity index (χ0n) is 13.3. The van der Waals surface area contributed by atoms with E-state index in [9.17, 15) is 5.26 Å². The molecule has 0 atom stereocenters. The van der Waals surface area contributed by atoms with E-state index in [0.29, 0.717) is 36.0 Å². The largest absolute Gasteiger partial charge is 0.493 e. The quantitative estimate of drug-likeness (QED) is 0.515. The minimum absolute atomic E-state index is 0.219. The summed E-state index contributed by atoms with van der Waals surface area (Å²) < 4.78 is 26.1. The highest BCUT2D eigenvalue weighted by molar-refractivity contribution is 5.65. The van der Waals surface area contributed by atoms with E-state index >= 15 is 0 Å². The summed E-state index contributed by atoms with van der Waals surface area (Å²) in [5.41, 5.74) is 1.26. The topological polar surface area (TPSA) is 69.9 Å². The minimum atomic E-state index is 0.219. The lowest BCUT2D eigenvalue weighted by atomic mass is 10.1. The molecule has 120 valence electrons. The fourth-order valence-corrected chi connectivity index (χ4v) is 1.82. The molecule has 0 amide bonds. The molecular weight excluding hydrogens is 286 g/mol. The van der Waals surface area contributed by atoms with Crippen LogP contribution in [0.4, 0.5) is 0 Å². The summed E-state index contributed by atoms with van der Waals surface area (Å²) in [5.74, 6) is 1.58. The molecule has 0 aliphatic heterocycles. The predicted molar refractivity (Wildman–Crippen MR) is 82.4 cm³/mol. The van der Waals surface area contributed by atoms with Gasteiger partial charge in [0.05, 0.1) is 52.8 Å².